The molecule has 3 rings (SSSR count). The number of carbonyl (C=O) groups is 1. The highest BCUT2D eigenvalue weighted by Gasteiger charge is 2.28. The number of halogens is 3. The first-order chi connectivity index (χ1) is 14.7. The van der Waals surface area contributed by atoms with Crippen molar-refractivity contribution < 1.29 is 17.9 Å². The molecule has 1 amide bonds. The average molecular weight is 500 g/mol. The molecule has 3 aromatic carbocycles. The van der Waals surface area contributed by atoms with Crippen molar-refractivity contribution in [2.24, 2.45) is 0 Å². The lowest BCUT2D eigenvalue weighted by Crippen LogP contribution is -2.38. The summed E-state index contributed by atoms with van der Waals surface area (Å²) in [6.07, 6.45) is 0. The SMILES string of the molecule is COc1ccc(S(=O)(=O)N(CC(=O)Nc2c(Cl)cccc2Cl)c2cccc(Cl)c2)cc1. The first-order valence-electron chi connectivity index (χ1n) is 8.88. The molecule has 0 aliphatic rings. The zero-order valence-electron chi connectivity index (χ0n) is 16.2. The number of sulfonamides is 1. The fraction of sp³-hybridized carbons (Fsp3) is 0.0952. The quantitative estimate of drug-likeness (QED) is 0.466. The van der Waals surface area contributed by atoms with Gasteiger partial charge in [-0.15, -0.1) is 0 Å². The van der Waals surface area contributed by atoms with Gasteiger partial charge in [-0.05, 0) is 54.6 Å². The van der Waals surface area contributed by atoms with E-state index in [2.05, 4.69) is 5.32 Å². The molecule has 31 heavy (non-hydrogen) atoms. The van der Waals surface area contributed by atoms with Gasteiger partial charge in [-0.1, -0.05) is 46.9 Å². The maximum Gasteiger partial charge on any atom is 0.264 e. The van der Waals surface area contributed by atoms with Crippen LogP contribution in [0.15, 0.2) is 71.6 Å². The highest BCUT2D eigenvalue weighted by molar-refractivity contribution is 7.92. The minimum atomic E-state index is -4.11. The third kappa shape index (κ3) is 5.43. The molecule has 0 aliphatic carbocycles. The minimum Gasteiger partial charge on any atom is -0.497 e. The van der Waals surface area contributed by atoms with Gasteiger partial charge in [-0.25, -0.2) is 8.42 Å². The van der Waals surface area contributed by atoms with Crippen molar-refractivity contribution in [1.29, 1.82) is 0 Å². The van der Waals surface area contributed by atoms with Crippen LogP contribution in [-0.2, 0) is 14.8 Å². The normalized spacial score (nSPS) is 11.1. The number of hydrogen-bond donors (Lipinski definition) is 1. The second-order valence-corrected chi connectivity index (χ2v) is 9.43. The van der Waals surface area contributed by atoms with Gasteiger partial charge >= 0.3 is 0 Å². The molecule has 0 fully saturated rings. The number of hydrogen-bond acceptors (Lipinski definition) is 4. The van der Waals surface area contributed by atoms with E-state index >= 15 is 0 Å². The number of nitrogens with zero attached hydrogens (tertiary/aromatic N) is 1. The topological polar surface area (TPSA) is 75.7 Å². The summed E-state index contributed by atoms with van der Waals surface area (Å²) in [5.74, 6) is -0.133. The Bertz CT molecular complexity index is 1180. The number of anilines is 2. The van der Waals surface area contributed by atoms with E-state index in [1.807, 2.05) is 0 Å². The van der Waals surface area contributed by atoms with Crippen molar-refractivity contribution in [1.82, 2.24) is 0 Å². The lowest BCUT2D eigenvalue weighted by Gasteiger charge is -2.24. The lowest BCUT2D eigenvalue weighted by molar-refractivity contribution is -0.114. The van der Waals surface area contributed by atoms with Crippen molar-refractivity contribution in [3.05, 3.63) is 81.8 Å². The third-order valence-corrected chi connectivity index (χ3v) is 6.91. The molecule has 10 heteroatoms. The molecule has 162 valence electrons. The number of nitrogens with one attached hydrogen (secondary N) is 1. The fourth-order valence-electron chi connectivity index (χ4n) is 2.75. The summed E-state index contributed by atoms with van der Waals surface area (Å²) in [7, 11) is -2.63. The summed E-state index contributed by atoms with van der Waals surface area (Å²) in [4.78, 5) is 12.8. The standard InChI is InChI=1S/C21H17Cl3N2O4S/c1-30-16-8-10-17(11-9-16)31(28,29)26(15-5-2-4-14(22)12-15)13-20(27)25-21-18(23)6-3-7-19(21)24/h2-12H,13H2,1H3,(H,25,27). The second-order valence-electron chi connectivity index (χ2n) is 6.31. The predicted octanol–water partition coefficient (Wildman–Crippen LogP) is 5.49. The molecule has 0 spiro atoms. The molecule has 3 aromatic rings. The Labute approximate surface area is 195 Å². The Morgan fingerprint density at radius 3 is 2.16 bits per heavy atom. The summed E-state index contributed by atoms with van der Waals surface area (Å²) >= 11 is 18.3. The van der Waals surface area contributed by atoms with E-state index in [0.717, 1.165) is 4.31 Å². The summed E-state index contributed by atoms with van der Waals surface area (Å²) in [6.45, 7) is -0.531. The van der Waals surface area contributed by atoms with Gasteiger partial charge in [0.2, 0.25) is 5.91 Å². The van der Waals surface area contributed by atoms with E-state index in [1.165, 1.54) is 37.4 Å². The van der Waals surface area contributed by atoms with Gasteiger partial charge < -0.3 is 10.1 Å². The summed E-state index contributed by atoms with van der Waals surface area (Å²) in [6, 6.07) is 16.8. The van der Waals surface area contributed by atoms with Crippen LogP contribution in [0.25, 0.3) is 0 Å². The van der Waals surface area contributed by atoms with E-state index in [9.17, 15) is 13.2 Å². The first-order valence-corrected chi connectivity index (χ1v) is 11.5. The number of methoxy groups -OCH3 is 1. The van der Waals surface area contributed by atoms with Crippen molar-refractivity contribution >= 4 is 62.1 Å². The Morgan fingerprint density at radius 1 is 0.968 bits per heavy atom. The number of ether oxygens (including phenoxy) is 1. The number of rotatable bonds is 7. The van der Waals surface area contributed by atoms with E-state index in [4.69, 9.17) is 39.5 Å². The average Bonchev–Trinajstić information content (AvgIpc) is 2.74. The largest absolute Gasteiger partial charge is 0.497 e. The zero-order chi connectivity index (χ0) is 22.6. The highest BCUT2D eigenvalue weighted by atomic mass is 35.5. The molecule has 0 saturated heterocycles. The summed E-state index contributed by atoms with van der Waals surface area (Å²) < 4.78 is 32.8. The van der Waals surface area contributed by atoms with Crippen LogP contribution >= 0.6 is 34.8 Å². The summed E-state index contributed by atoms with van der Waals surface area (Å²) in [5, 5.41) is 3.35. The van der Waals surface area contributed by atoms with Gasteiger partial charge in [0.15, 0.2) is 0 Å². The van der Waals surface area contributed by atoms with Crippen LogP contribution in [0.2, 0.25) is 15.1 Å². The van der Waals surface area contributed by atoms with Crippen LogP contribution in [-0.4, -0.2) is 28.0 Å². The maximum absolute atomic E-state index is 13.4. The van der Waals surface area contributed by atoms with Gasteiger partial charge in [-0.3, -0.25) is 9.10 Å². The number of para-hydroxylation sites is 1. The number of amides is 1. The Kier molecular flexibility index (Phi) is 7.33. The van der Waals surface area contributed by atoms with Crippen LogP contribution in [0.5, 0.6) is 5.75 Å². The Morgan fingerprint density at radius 2 is 1.58 bits per heavy atom. The van der Waals surface area contributed by atoms with E-state index < -0.39 is 22.5 Å². The van der Waals surface area contributed by atoms with Crippen molar-refractivity contribution in [3.8, 4) is 5.75 Å². The van der Waals surface area contributed by atoms with Crippen LogP contribution in [0.1, 0.15) is 0 Å². The van der Waals surface area contributed by atoms with Crippen molar-refractivity contribution in [3.63, 3.8) is 0 Å². The monoisotopic (exact) mass is 498 g/mol. The second kappa shape index (κ2) is 9.78. The van der Waals surface area contributed by atoms with E-state index in [0.29, 0.717) is 10.8 Å². The van der Waals surface area contributed by atoms with Crippen LogP contribution < -0.4 is 14.4 Å². The predicted molar refractivity (Wildman–Crippen MR) is 124 cm³/mol. The molecule has 1 N–H and O–H groups in total. The molecular weight excluding hydrogens is 483 g/mol. The molecule has 0 heterocycles. The molecule has 0 aromatic heterocycles. The van der Waals surface area contributed by atoms with Crippen LogP contribution in [0.4, 0.5) is 11.4 Å². The molecule has 6 nitrogen and oxygen atoms in total. The molecule has 0 atom stereocenters. The van der Waals surface area contributed by atoms with E-state index in [1.54, 1.807) is 36.4 Å². The summed E-state index contributed by atoms with van der Waals surface area (Å²) in [5.41, 5.74) is 0.424. The molecule has 0 aliphatic heterocycles. The third-order valence-electron chi connectivity index (χ3n) is 4.26. The minimum absolute atomic E-state index is 0.0168. The number of carbonyl (C=O) groups excluding carboxylic acids is 1. The maximum atomic E-state index is 13.4. The molecule has 0 bridgehead atoms. The van der Waals surface area contributed by atoms with E-state index in [-0.39, 0.29) is 26.3 Å². The van der Waals surface area contributed by atoms with Crippen molar-refractivity contribution in [2.45, 2.75) is 4.90 Å². The van der Waals surface area contributed by atoms with Gasteiger partial charge in [0.05, 0.1) is 33.4 Å². The molecular formula is C21H17Cl3N2O4S. The van der Waals surface area contributed by atoms with Gasteiger partial charge in [0.25, 0.3) is 10.0 Å². The van der Waals surface area contributed by atoms with Crippen LogP contribution in [0.3, 0.4) is 0 Å². The number of benzene rings is 3. The van der Waals surface area contributed by atoms with Gasteiger partial charge in [-0.2, -0.15) is 0 Å². The van der Waals surface area contributed by atoms with Gasteiger partial charge in [0, 0.05) is 5.02 Å². The molecule has 0 unspecified atom stereocenters. The fourth-order valence-corrected chi connectivity index (χ4v) is 4.84. The molecule has 0 radical (unpaired) electrons. The highest BCUT2D eigenvalue weighted by Crippen LogP contribution is 2.31. The first kappa shape index (κ1) is 23.2. The van der Waals surface area contributed by atoms with Crippen LogP contribution in [0, 0.1) is 0 Å². The van der Waals surface area contributed by atoms with Gasteiger partial charge in [0.1, 0.15) is 12.3 Å². The Hall–Kier alpha value is -2.45. The Balaban J connectivity index is 1.97. The zero-order valence-corrected chi connectivity index (χ0v) is 19.3. The lowest BCUT2D eigenvalue weighted by atomic mass is 10.3. The smallest absolute Gasteiger partial charge is 0.264 e. The van der Waals surface area contributed by atoms with Crippen molar-refractivity contribution in [2.75, 3.05) is 23.3 Å². The molecule has 0 saturated carbocycles.